The predicted molar refractivity (Wildman–Crippen MR) is 114 cm³/mol. The molecule has 1 saturated carbocycles. The molecule has 1 aromatic heterocycles. The molecule has 1 aliphatic rings. The molecule has 2 amide bonds. The lowest BCUT2D eigenvalue weighted by Crippen LogP contribution is -2.37. The molecule has 0 radical (unpaired) electrons. The van der Waals surface area contributed by atoms with Crippen LogP contribution in [0.25, 0.3) is 0 Å². The Morgan fingerprint density at radius 1 is 1.14 bits per heavy atom. The van der Waals surface area contributed by atoms with Crippen molar-refractivity contribution in [1.82, 2.24) is 4.90 Å². The van der Waals surface area contributed by atoms with E-state index >= 15 is 0 Å². The van der Waals surface area contributed by atoms with Crippen LogP contribution in [-0.4, -0.2) is 29.8 Å². The van der Waals surface area contributed by atoms with Crippen molar-refractivity contribution in [2.75, 3.05) is 18.4 Å². The van der Waals surface area contributed by atoms with Gasteiger partial charge in [-0.1, -0.05) is 37.5 Å². The van der Waals surface area contributed by atoms with Gasteiger partial charge in [0.15, 0.2) is 0 Å². The van der Waals surface area contributed by atoms with Gasteiger partial charge < -0.3 is 16.0 Å². The minimum absolute atomic E-state index is 0.106. The topological polar surface area (TPSA) is 75.4 Å². The van der Waals surface area contributed by atoms with Crippen molar-refractivity contribution in [1.29, 1.82) is 0 Å². The molecule has 0 bridgehead atoms. The van der Waals surface area contributed by atoms with E-state index in [1.807, 2.05) is 40.6 Å². The SMILES string of the molecule is NCCCN(Cc1cccc(NC(=O)c2cccs2)c1)C(=O)C1CCCCC1. The maximum Gasteiger partial charge on any atom is 0.265 e. The second kappa shape index (κ2) is 10.4. The smallest absolute Gasteiger partial charge is 0.265 e. The van der Waals surface area contributed by atoms with Crippen molar-refractivity contribution in [2.24, 2.45) is 11.7 Å². The van der Waals surface area contributed by atoms with Crippen molar-refractivity contribution in [3.05, 3.63) is 52.2 Å². The number of benzene rings is 1. The van der Waals surface area contributed by atoms with Crippen LogP contribution in [0.15, 0.2) is 41.8 Å². The lowest BCUT2D eigenvalue weighted by atomic mass is 9.88. The van der Waals surface area contributed by atoms with Gasteiger partial charge in [-0.05, 0) is 54.9 Å². The maximum absolute atomic E-state index is 13.0. The zero-order valence-electron chi connectivity index (χ0n) is 16.2. The summed E-state index contributed by atoms with van der Waals surface area (Å²) >= 11 is 1.42. The first-order chi connectivity index (χ1) is 13.7. The lowest BCUT2D eigenvalue weighted by Gasteiger charge is -2.29. The Kier molecular flexibility index (Phi) is 7.62. The molecule has 28 heavy (non-hydrogen) atoms. The molecule has 1 aromatic carbocycles. The molecule has 1 fully saturated rings. The van der Waals surface area contributed by atoms with E-state index in [1.54, 1.807) is 6.07 Å². The van der Waals surface area contributed by atoms with Gasteiger partial charge in [0.05, 0.1) is 4.88 Å². The summed E-state index contributed by atoms with van der Waals surface area (Å²) in [5, 5.41) is 4.83. The zero-order valence-corrected chi connectivity index (χ0v) is 17.0. The van der Waals surface area contributed by atoms with E-state index in [0.29, 0.717) is 24.5 Å². The van der Waals surface area contributed by atoms with Crippen LogP contribution in [-0.2, 0) is 11.3 Å². The highest BCUT2D eigenvalue weighted by atomic mass is 32.1. The molecule has 1 aliphatic carbocycles. The molecule has 3 rings (SSSR count). The van der Waals surface area contributed by atoms with E-state index in [0.717, 1.165) is 43.4 Å². The van der Waals surface area contributed by atoms with Crippen LogP contribution in [0.1, 0.15) is 53.8 Å². The van der Waals surface area contributed by atoms with E-state index in [9.17, 15) is 9.59 Å². The molecular formula is C22H29N3O2S. The first kappa shape index (κ1) is 20.6. The van der Waals surface area contributed by atoms with E-state index in [4.69, 9.17) is 5.73 Å². The first-order valence-corrected chi connectivity index (χ1v) is 11.0. The summed E-state index contributed by atoms with van der Waals surface area (Å²) in [5.74, 6) is 0.292. The van der Waals surface area contributed by atoms with E-state index in [-0.39, 0.29) is 17.7 Å². The van der Waals surface area contributed by atoms with Crippen LogP contribution in [0.4, 0.5) is 5.69 Å². The van der Waals surface area contributed by atoms with Crippen molar-refractivity contribution >= 4 is 28.8 Å². The minimum atomic E-state index is -0.106. The molecule has 0 aliphatic heterocycles. The standard InChI is InChI=1S/C22H29N3O2S/c23-12-6-13-25(22(27)18-8-2-1-3-9-18)16-17-7-4-10-19(15-17)24-21(26)20-11-5-14-28-20/h4-5,7,10-11,14-15,18H,1-3,6,8-9,12-13,16,23H2,(H,24,26). The Morgan fingerprint density at radius 3 is 2.68 bits per heavy atom. The van der Waals surface area contributed by atoms with Crippen LogP contribution in [0.5, 0.6) is 0 Å². The Bertz CT molecular complexity index is 770. The minimum Gasteiger partial charge on any atom is -0.338 e. The molecule has 0 atom stereocenters. The molecule has 0 unspecified atom stereocenters. The molecular weight excluding hydrogens is 370 g/mol. The fraction of sp³-hybridized carbons (Fsp3) is 0.455. The van der Waals surface area contributed by atoms with Crippen LogP contribution in [0, 0.1) is 5.92 Å². The van der Waals surface area contributed by atoms with Gasteiger partial charge in [-0.25, -0.2) is 0 Å². The maximum atomic E-state index is 13.0. The number of carbonyl (C=O) groups is 2. The van der Waals surface area contributed by atoms with Gasteiger partial charge in [0.25, 0.3) is 5.91 Å². The molecule has 0 spiro atoms. The quantitative estimate of drug-likeness (QED) is 0.696. The highest BCUT2D eigenvalue weighted by molar-refractivity contribution is 7.12. The second-order valence-electron chi connectivity index (χ2n) is 7.37. The Balaban J connectivity index is 1.67. The number of anilines is 1. The summed E-state index contributed by atoms with van der Waals surface area (Å²) in [5.41, 5.74) is 7.46. The molecule has 150 valence electrons. The van der Waals surface area contributed by atoms with Crippen molar-refractivity contribution in [2.45, 2.75) is 45.1 Å². The summed E-state index contributed by atoms with van der Waals surface area (Å²) in [4.78, 5) is 28.0. The van der Waals surface area contributed by atoms with Crippen LogP contribution < -0.4 is 11.1 Å². The number of carbonyl (C=O) groups excluding carboxylic acids is 2. The van der Waals surface area contributed by atoms with Crippen LogP contribution in [0.3, 0.4) is 0 Å². The van der Waals surface area contributed by atoms with Gasteiger partial charge in [-0.15, -0.1) is 11.3 Å². The molecule has 3 N–H and O–H groups in total. The highest BCUT2D eigenvalue weighted by Crippen LogP contribution is 2.26. The number of nitrogens with two attached hydrogens (primary N) is 1. The van der Waals surface area contributed by atoms with Gasteiger partial charge in [0, 0.05) is 24.7 Å². The number of nitrogens with one attached hydrogen (secondary N) is 1. The lowest BCUT2D eigenvalue weighted by molar-refractivity contribution is -0.137. The molecule has 1 heterocycles. The average Bonchev–Trinajstić information content (AvgIpc) is 3.26. The summed E-state index contributed by atoms with van der Waals surface area (Å²) in [6.07, 6.45) is 6.31. The van der Waals surface area contributed by atoms with E-state index in [1.165, 1.54) is 17.8 Å². The normalized spacial score (nSPS) is 14.6. The number of rotatable bonds is 8. The molecule has 2 aromatic rings. The fourth-order valence-corrected chi connectivity index (χ4v) is 4.34. The summed E-state index contributed by atoms with van der Waals surface area (Å²) < 4.78 is 0. The van der Waals surface area contributed by atoms with Crippen molar-refractivity contribution < 1.29 is 9.59 Å². The van der Waals surface area contributed by atoms with Gasteiger partial charge in [-0.3, -0.25) is 9.59 Å². The zero-order chi connectivity index (χ0) is 19.8. The largest absolute Gasteiger partial charge is 0.338 e. The van der Waals surface area contributed by atoms with Gasteiger partial charge in [-0.2, -0.15) is 0 Å². The number of thiophene rings is 1. The van der Waals surface area contributed by atoms with Gasteiger partial charge >= 0.3 is 0 Å². The summed E-state index contributed by atoms with van der Waals surface area (Å²) in [6.45, 7) is 1.81. The average molecular weight is 400 g/mol. The Morgan fingerprint density at radius 2 is 1.96 bits per heavy atom. The van der Waals surface area contributed by atoms with Gasteiger partial charge in [0.1, 0.15) is 0 Å². The molecule has 6 heteroatoms. The monoisotopic (exact) mass is 399 g/mol. The highest BCUT2D eigenvalue weighted by Gasteiger charge is 2.25. The molecule has 5 nitrogen and oxygen atoms in total. The number of nitrogens with zero attached hydrogens (tertiary/aromatic N) is 1. The third-order valence-corrected chi connectivity index (χ3v) is 6.07. The van der Waals surface area contributed by atoms with Crippen molar-refractivity contribution in [3.8, 4) is 0 Å². The first-order valence-electron chi connectivity index (χ1n) is 10.1. The third kappa shape index (κ3) is 5.66. The Hall–Kier alpha value is -2.18. The number of hydrogen-bond acceptors (Lipinski definition) is 4. The Labute approximate surface area is 170 Å². The second-order valence-corrected chi connectivity index (χ2v) is 8.32. The fourth-order valence-electron chi connectivity index (χ4n) is 3.73. The van der Waals surface area contributed by atoms with Crippen LogP contribution in [0.2, 0.25) is 0 Å². The predicted octanol–water partition coefficient (Wildman–Crippen LogP) is 4.26. The van der Waals surface area contributed by atoms with Crippen molar-refractivity contribution in [3.63, 3.8) is 0 Å². The number of amides is 2. The number of hydrogen-bond donors (Lipinski definition) is 2. The van der Waals surface area contributed by atoms with E-state index in [2.05, 4.69) is 5.32 Å². The summed E-state index contributed by atoms with van der Waals surface area (Å²) in [7, 11) is 0. The third-order valence-electron chi connectivity index (χ3n) is 5.20. The summed E-state index contributed by atoms with van der Waals surface area (Å²) in [6, 6.07) is 11.4. The van der Waals surface area contributed by atoms with Gasteiger partial charge in [0.2, 0.25) is 5.91 Å². The van der Waals surface area contributed by atoms with E-state index < -0.39 is 0 Å². The van der Waals surface area contributed by atoms with Crippen LogP contribution >= 0.6 is 11.3 Å². The molecule has 0 saturated heterocycles.